The smallest absolute Gasteiger partial charge is 0.378 e. The number of aromatic nitrogens is 5. The normalized spacial score (nSPS) is 13.7. The molecular weight excluding hydrogens is 409 g/mol. The number of carbonyl (C=O) groups is 1. The van der Waals surface area contributed by atoms with Gasteiger partial charge in [0.1, 0.15) is 5.69 Å². The number of anilines is 1. The van der Waals surface area contributed by atoms with E-state index in [4.69, 9.17) is 5.73 Å². The Bertz CT molecular complexity index is 916. The third-order valence-electron chi connectivity index (χ3n) is 3.29. The molecule has 3 N–H and O–H groups in total. The van der Waals surface area contributed by atoms with Crippen LogP contribution in [-0.4, -0.2) is 54.9 Å². The van der Waals surface area contributed by atoms with Gasteiger partial charge in [-0.25, -0.2) is 10.1 Å². The lowest BCUT2D eigenvalue weighted by Crippen LogP contribution is -2.58. The predicted molar refractivity (Wildman–Crippen MR) is 74.7 cm³/mol. The zero-order valence-corrected chi connectivity index (χ0v) is 13.7. The van der Waals surface area contributed by atoms with Crippen LogP contribution in [-0.2, 0) is 4.79 Å². The van der Waals surface area contributed by atoms with Crippen molar-refractivity contribution in [3.05, 3.63) is 11.4 Å². The van der Waals surface area contributed by atoms with Gasteiger partial charge in [-0.3, -0.25) is 4.79 Å². The van der Waals surface area contributed by atoms with E-state index in [1.54, 1.807) is 0 Å². The second-order valence-corrected chi connectivity index (χ2v) is 5.19. The standard InChI is InChI=1S/C11H9F7N8O2/c1-3(5-4(2)26(25-21-5)7-6(19)23-28-24-7)20-22-8(27)9(12,13)10(14,15)11(16,17)18/h1-2H3,(H2,19,23)(H,22,27). The van der Waals surface area contributed by atoms with Crippen molar-refractivity contribution in [3.8, 4) is 5.82 Å². The van der Waals surface area contributed by atoms with Crippen LogP contribution >= 0.6 is 0 Å². The van der Waals surface area contributed by atoms with Crippen molar-refractivity contribution in [1.29, 1.82) is 0 Å². The van der Waals surface area contributed by atoms with Gasteiger partial charge in [-0.15, -0.1) is 5.10 Å². The van der Waals surface area contributed by atoms with E-state index in [0.29, 0.717) is 0 Å². The Kier molecular flexibility index (Phi) is 5.04. The number of rotatable bonds is 5. The van der Waals surface area contributed by atoms with E-state index in [0.717, 1.165) is 17.0 Å². The van der Waals surface area contributed by atoms with Crippen LogP contribution in [0.2, 0.25) is 0 Å². The summed E-state index contributed by atoms with van der Waals surface area (Å²) in [4.78, 5) is 11.2. The SMILES string of the molecule is CC(=NNC(=O)C(F)(F)C(F)(F)C(F)(F)F)c1nnn(-c2nonc2N)c1C. The zero-order chi connectivity index (χ0) is 21.5. The molecule has 0 saturated heterocycles. The Balaban J connectivity index is 2.25. The highest BCUT2D eigenvalue weighted by molar-refractivity contribution is 5.98. The summed E-state index contributed by atoms with van der Waals surface area (Å²) in [7, 11) is 0. The van der Waals surface area contributed by atoms with Gasteiger partial charge in [-0.1, -0.05) is 5.21 Å². The maximum atomic E-state index is 13.2. The minimum atomic E-state index is -6.66. The van der Waals surface area contributed by atoms with Crippen LogP contribution in [0.15, 0.2) is 9.73 Å². The molecule has 154 valence electrons. The molecule has 0 saturated carbocycles. The maximum Gasteiger partial charge on any atom is 0.460 e. The summed E-state index contributed by atoms with van der Waals surface area (Å²) < 4.78 is 93.7. The molecular formula is C11H9F7N8O2. The minimum absolute atomic E-state index is 0.0931. The summed E-state index contributed by atoms with van der Waals surface area (Å²) in [5.41, 5.74) is 6.05. The molecule has 2 aromatic heterocycles. The van der Waals surface area contributed by atoms with Crippen molar-refractivity contribution in [3.63, 3.8) is 0 Å². The van der Waals surface area contributed by atoms with E-state index >= 15 is 0 Å². The third kappa shape index (κ3) is 3.33. The van der Waals surface area contributed by atoms with Gasteiger partial charge < -0.3 is 5.73 Å². The van der Waals surface area contributed by atoms with Crippen LogP contribution in [0.5, 0.6) is 0 Å². The molecule has 0 aromatic carbocycles. The maximum absolute atomic E-state index is 13.2. The fraction of sp³-hybridized carbons (Fsp3) is 0.455. The number of hydrogen-bond acceptors (Lipinski definition) is 8. The van der Waals surface area contributed by atoms with Gasteiger partial charge in [0.2, 0.25) is 11.6 Å². The van der Waals surface area contributed by atoms with Gasteiger partial charge in [0.15, 0.2) is 0 Å². The molecule has 0 fully saturated rings. The van der Waals surface area contributed by atoms with E-state index in [-0.39, 0.29) is 28.7 Å². The molecule has 10 nitrogen and oxygen atoms in total. The third-order valence-corrected chi connectivity index (χ3v) is 3.29. The summed E-state index contributed by atoms with van der Waals surface area (Å²) in [6.07, 6.45) is -6.66. The average molecular weight is 418 g/mol. The molecule has 0 bridgehead atoms. The highest BCUT2D eigenvalue weighted by Crippen LogP contribution is 2.46. The highest BCUT2D eigenvalue weighted by atomic mass is 19.4. The van der Waals surface area contributed by atoms with E-state index in [1.807, 2.05) is 0 Å². The number of nitrogen functional groups attached to an aromatic ring is 1. The number of hydrazone groups is 1. The lowest BCUT2D eigenvalue weighted by Gasteiger charge is -2.26. The van der Waals surface area contributed by atoms with Gasteiger partial charge in [0.05, 0.1) is 11.4 Å². The largest absolute Gasteiger partial charge is 0.460 e. The summed E-state index contributed by atoms with van der Waals surface area (Å²) >= 11 is 0. The van der Waals surface area contributed by atoms with Gasteiger partial charge >= 0.3 is 23.9 Å². The highest BCUT2D eigenvalue weighted by Gasteiger charge is 2.76. The summed E-state index contributed by atoms with van der Waals surface area (Å²) in [6, 6.07) is 0. The number of amides is 1. The zero-order valence-electron chi connectivity index (χ0n) is 13.7. The fourth-order valence-corrected chi connectivity index (χ4v) is 1.78. The molecule has 17 heteroatoms. The molecule has 0 radical (unpaired) electrons. The van der Waals surface area contributed by atoms with Gasteiger partial charge in [-0.2, -0.15) is 40.5 Å². The molecule has 1 amide bonds. The number of nitrogens with one attached hydrogen (secondary N) is 1. The Morgan fingerprint density at radius 3 is 2.29 bits per heavy atom. The second-order valence-electron chi connectivity index (χ2n) is 5.19. The fourth-order valence-electron chi connectivity index (χ4n) is 1.78. The molecule has 0 spiro atoms. The van der Waals surface area contributed by atoms with Crippen LogP contribution in [0, 0.1) is 6.92 Å². The van der Waals surface area contributed by atoms with Crippen LogP contribution in [0.25, 0.3) is 5.82 Å². The Morgan fingerprint density at radius 2 is 1.79 bits per heavy atom. The van der Waals surface area contributed by atoms with Crippen molar-refractivity contribution in [1.82, 2.24) is 30.7 Å². The van der Waals surface area contributed by atoms with Gasteiger partial charge in [-0.05, 0) is 24.2 Å². The van der Waals surface area contributed by atoms with Crippen molar-refractivity contribution in [2.24, 2.45) is 5.10 Å². The Labute approximate surface area is 149 Å². The second kappa shape index (κ2) is 6.71. The first-order chi connectivity index (χ1) is 12.7. The van der Waals surface area contributed by atoms with Crippen LogP contribution in [0.3, 0.4) is 0 Å². The van der Waals surface area contributed by atoms with E-state index in [2.05, 4.69) is 30.4 Å². The van der Waals surface area contributed by atoms with Crippen LogP contribution < -0.4 is 11.2 Å². The van der Waals surface area contributed by atoms with Crippen molar-refractivity contribution in [2.45, 2.75) is 31.9 Å². The quantitative estimate of drug-likeness (QED) is 0.423. The van der Waals surface area contributed by atoms with Crippen molar-refractivity contribution in [2.75, 3.05) is 5.73 Å². The van der Waals surface area contributed by atoms with Crippen LogP contribution in [0.4, 0.5) is 36.6 Å². The average Bonchev–Trinajstić information content (AvgIpc) is 3.16. The number of nitrogens with two attached hydrogens (primary N) is 1. The Hall–Kier alpha value is -3.27. The molecule has 0 aliphatic rings. The van der Waals surface area contributed by atoms with E-state index in [1.165, 1.54) is 6.92 Å². The van der Waals surface area contributed by atoms with Gasteiger partial charge in [0.25, 0.3) is 0 Å². The first kappa shape index (κ1) is 21.0. The lowest BCUT2D eigenvalue weighted by atomic mass is 10.1. The van der Waals surface area contributed by atoms with Crippen molar-refractivity contribution < 1.29 is 40.2 Å². The summed E-state index contributed by atoms with van der Waals surface area (Å²) in [5.74, 6) is -16.0. The lowest BCUT2D eigenvalue weighted by molar-refractivity contribution is -0.344. The number of nitrogens with zero attached hydrogens (tertiary/aromatic N) is 6. The predicted octanol–water partition coefficient (Wildman–Crippen LogP) is 1.21. The number of alkyl halides is 7. The van der Waals surface area contributed by atoms with E-state index in [9.17, 15) is 35.5 Å². The molecule has 28 heavy (non-hydrogen) atoms. The summed E-state index contributed by atoms with van der Waals surface area (Å²) in [5, 5.41) is 17.0. The first-order valence-electron chi connectivity index (χ1n) is 6.90. The number of halogens is 7. The molecule has 0 atom stereocenters. The summed E-state index contributed by atoms with van der Waals surface area (Å²) in [6.45, 7) is 2.46. The molecule has 2 rings (SSSR count). The molecule has 0 unspecified atom stereocenters. The number of hydrogen-bond donors (Lipinski definition) is 2. The minimum Gasteiger partial charge on any atom is -0.378 e. The van der Waals surface area contributed by atoms with E-state index < -0.39 is 23.9 Å². The molecule has 2 aromatic rings. The Morgan fingerprint density at radius 1 is 1.18 bits per heavy atom. The van der Waals surface area contributed by atoms with Crippen molar-refractivity contribution >= 4 is 17.4 Å². The topological polar surface area (TPSA) is 137 Å². The number of carbonyl (C=O) groups excluding carboxylic acids is 1. The first-order valence-corrected chi connectivity index (χ1v) is 6.90. The monoisotopic (exact) mass is 418 g/mol. The molecule has 0 aliphatic heterocycles. The van der Waals surface area contributed by atoms with Crippen LogP contribution in [0.1, 0.15) is 18.3 Å². The molecule has 2 heterocycles. The van der Waals surface area contributed by atoms with Gasteiger partial charge in [0, 0.05) is 0 Å². The molecule has 0 aliphatic carbocycles.